The molecule has 1 aliphatic rings. The molecular formula is C41H34N4O7S. The van der Waals surface area contributed by atoms with Gasteiger partial charge in [0.05, 0.1) is 59.0 Å². The Balaban J connectivity index is 1.50. The average molecular weight is 727 g/mol. The van der Waals surface area contributed by atoms with Crippen LogP contribution in [0, 0.1) is 10.1 Å². The normalized spacial score (nSPS) is 14.0. The lowest BCUT2D eigenvalue weighted by atomic mass is 9.95. The first kappa shape index (κ1) is 34.9. The van der Waals surface area contributed by atoms with Gasteiger partial charge in [-0.3, -0.25) is 19.5 Å². The second-order valence-corrected chi connectivity index (χ2v) is 13.1. The molecule has 0 radical (unpaired) electrons. The number of nitro groups is 1. The van der Waals surface area contributed by atoms with Crippen molar-refractivity contribution in [2.45, 2.75) is 19.9 Å². The maximum atomic E-state index is 14.7. The van der Waals surface area contributed by atoms with Crippen molar-refractivity contribution in [2.75, 3.05) is 20.8 Å². The Kier molecular flexibility index (Phi) is 9.62. The number of ether oxygens (including phenoxy) is 3. The van der Waals surface area contributed by atoms with Gasteiger partial charge >= 0.3 is 5.97 Å². The third kappa shape index (κ3) is 6.44. The molecule has 7 rings (SSSR count). The van der Waals surface area contributed by atoms with Crippen LogP contribution in [0.2, 0.25) is 0 Å². The number of methoxy groups -OCH3 is 2. The minimum atomic E-state index is -0.856. The van der Waals surface area contributed by atoms with Crippen LogP contribution in [-0.2, 0) is 9.53 Å². The van der Waals surface area contributed by atoms with Gasteiger partial charge in [-0.25, -0.2) is 9.79 Å². The van der Waals surface area contributed by atoms with Gasteiger partial charge in [-0.1, -0.05) is 78.1 Å². The van der Waals surface area contributed by atoms with Gasteiger partial charge in [0.25, 0.3) is 11.2 Å². The number of hydrogen-bond donors (Lipinski definition) is 0. The molecule has 266 valence electrons. The molecule has 0 N–H and O–H groups in total. The zero-order valence-corrected chi connectivity index (χ0v) is 30.1. The number of nitrogens with zero attached hydrogens (tertiary/aromatic N) is 4. The fourth-order valence-corrected chi connectivity index (χ4v) is 7.65. The van der Waals surface area contributed by atoms with E-state index in [9.17, 15) is 19.7 Å². The van der Waals surface area contributed by atoms with Crippen LogP contribution in [0.4, 0.5) is 5.69 Å². The molecule has 0 bridgehead atoms. The fraction of sp³-hybridized carbons (Fsp3) is 0.146. The van der Waals surface area contributed by atoms with Gasteiger partial charge in [0.2, 0.25) is 0 Å². The number of carbonyl (C=O) groups excluding carboxylic acids is 1. The highest BCUT2D eigenvalue weighted by molar-refractivity contribution is 7.07. The first-order valence-corrected chi connectivity index (χ1v) is 17.6. The van der Waals surface area contributed by atoms with E-state index >= 15 is 0 Å². The van der Waals surface area contributed by atoms with E-state index in [0.29, 0.717) is 37.8 Å². The molecule has 6 aromatic rings. The largest absolute Gasteiger partial charge is 0.493 e. The highest BCUT2D eigenvalue weighted by atomic mass is 32.1. The zero-order valence-electron chi connectivity index (χ0n) is 29.3. The summed E-state index contributed by atoms with van der Waals surface area (Å²) in [6.07, 6.45) is 1.84. The maximum Gasteiger partial charge on any atom is 0.338 e. The van der Waals surface area contributed by atoms with Gasteiger partial charge in [0.15, 0.2) is 16.3 Å². The number of esters is 1. The van der Waals surface area contributed by atoms with Gasteiger partial charge in [-0.15, -0.1) is 0 Å². The molecule has 0 unspecified atom stereocenters. The predicted molar refractivity (Wildman–Crippen MR) is 203 cm³/mol. The topological polar surface area (TPSA) is 127 Å². The van der Waals surface area contributed by atoms with E-state index in [2.05, 4.69) is 0 Å². The first-order chi connectivity index (χ1) is 25.7. The molecule has 3 heterocycles. The Morgan fingerprint density at radius 2 is 1.57 bits per heavy atom. The summed E-state index contributed by atoms with van der Waals surface area (Å²) < 4.78 is 20.5. The molecule has 12 heteroatoms. The van der Waals surface area contributed by atoms with Gasteiger partial charge < -0.3 is 18.8 Å². The lowest BCUT2D eigenvalue weighted by Crippen LogP contribution is -2.40. The number of rotatable bonds is 10. The quantitative estimate of drug-likeness (QED) is 0.0859. The molecule has 4 aromatic carbocycles. The summed E-state index contributed by atoms with van der Waals surface area (Å²) in [4.78, 5) is 44.5. The SMILES string of the molecule is CCOC(=O)C1=C(C)N=c2s/c(=C\c3cc(-c4ccccc4)n(-c4ccc([N+](=O)[O-])cc4)c3-c3ccccc3)c(=O)n2[C@@H]1c1ccc(OC)c(OC)c1. The van der Waals surface area contributed by atoms with Crippen LogP contribution >= 0.6 is 11.3 Å². The second-order valence-electron chi connectivity index (χ2n) is 12.1. The van der Waals surface area contributed by atoms with Crippen LogP contribution in [0.1, 0.15) is 31.0 Å². The van der Waals surface area contributed by atoms with Crippen molar-refractivity contribution >= 4 is 29.1 Å². The van der Waals surface area contributed by atoms with E-state index in [1.165, 1.54) is 42.3 Å². The standard InChI is InChI=1S/C41H34N4O7S/c1-5-52-40(47)36-25(2)42-41-44(38(36)28-16-21-33(50-3)34(23-28)51-4)39(46)35(53-41)24-29-22-32(26-12-8-6-9-13-26)43(37(29)27-14-10-7-11-15-27)30-17-19-31(20-18-30)45(48)49/h6-24,38H,5H2,1-4H3/b35-24-/t38-/m1/s1. The minimum Gasteiger partial charge on any atom is -0.493 e. The number of aromatic nitrogens is 2. The van der Waals surface area contributed by atoms with Crippen LogP contribution in [0.25, 0.3) is 34.3 Å². The Labute approximate surface area is 308 Å². The molecule has 11 nitrogen and oxygen atoms in total. The minimum absolute atomic E-state index is 0.0220. The average Bonchev–Trinajstić information content (AvgIpc) is 3.71. The number of thiazole rings is 1. The summed E-state index contributed by atoms with van der Waals surface area (Å²) in [6.45, 7) is 3.61. The number of carbonyl (C=O) groups is 1. The summed E-state index contributed by atoms with van der Waals surface area (Å²) in [5.41, 5.74) is 5.77. The van der Waals surface area contributed by atoms with E-state index in [0.717, 1.165) is 28.1 Å². The van der Waals surface area contributed by atoms with Crippen molar-refractivity contribution in [3.8, 4) is 39.7 Å². The summed E-state index contributed by atoms with van der Waals surface area (Å²) in [5.74, 6) is 0.377. The van der Waals surface area contributed by atoms with Gasteiger partial charge in [0.1, 0.15) is 0 Å². The van der Waals surface area contributed by atoms with E-state index in [1.807, 2.05) is 77.4 Å². The molecule has 0 saturated heterocycles. The van der Waals surface area contributed by atoms with Crippen molar-refractivity contribution in [3.05, 3.63) is 161 Å². The third-order valence-electron chi connectivity index (χ3n) is 8.99. The molecule has 0 saturated carbocycles. The van der Waals surface area contributed by atoms with Crippen molar-refractivity contribution in [2.24, 2.45) is 4.99 Å². The second kappa shape index (κ2) is 14.6. The van der Waals surface area contributed by atoms with Crippen LogP contribution in [-0.4, -0.2) is 40.9 Å². The number of benzene rings is 4. The molecule has 1 aliphatic heterocycles. The number of allylic oxidation sites excluding steroid dienone is 1. The number of nitro benzene ring substituents is 1. The van der Waals surface area contributed by atoms with Crippen LogP contribution in [0.5, 0.6) is 11.5 Å². The Morgan fingerprint density at radius 1 is 0.906 bits per heavy atom. The van der Waals surface area contributed by atoms with Gasteiger partial charge in [-0.05, 0) is 66.9 Å². The Morgan fingerprint density at radius 3 is 2.19 bits per heavy atom. The number of non-ortho nitro benzene ring substituents is 1. The van der Waals surface area contributed by atoms with Crippen molar-refractivity contribution in [1.82, 2.24) is 9.13 Å². The highest BCUT2D eigenvalue weighted by Crippen LogP contribution is 2.38. The van der Waals surface area contributed by atoms with Crippen LogP contribution in [0.3, 0.4) is 0 Å². The lowest BCUT2D eigenvalue weighted by Gasteiger charge is -2.25. The number of hydrogen-bond acceptors (Lipinski definition) is 9. The van der Waals surface area contributed by atoms with Crippen LogP contribution < -0.4 is 24.4 Å². The smallest absolute Gasteiger partial charge is 0.338 e. The molecule has 0 spiro atoms. The Bertz CT molecular complexity index is 2570. The van der Waals surface area contributed by atoms with E-state index < -0.39 is 16.9 Å². The van der Waals surface area contributed by atoms with Crippen molar-refractivity contribution < 1.29 is 23.9 Å². The molecule has 1 atom stereocenters. The third-order valence-corrected chi connectivity index (χ3v) is 9.98. The molecule has 2 aromatic heterocycles. The predicted octanol–water partition coefficient (Wildman–Crippen LogP) is 6.85. The Hall–Kier alpha value is -6.53. The van der Waals surface area contributed by atoms with Crippen molar-refractivity contribution in [1.29, 1.82) is 0 Å². The van der Waals surface area contributed by atoms with E-state index in [1.54, 1.807) is 44.2 Å². The summed E-state index contributed by atoms with van der Waals surface area (Å²) >= 11 is 1.22. The number of fused-ring (bicyclic) bond motifs is 1. The van der Waals surface area contributed by atoms with Gasteiger partial charge in [-0.2, -0.15) is 0 Å². The molecular weight excluding hydrogens is 693 g/mol. The molecule has 0 aliphatic carbocycles. The van der Waals surface area contributed by atoms with Crippen molar-refractivity contribution in [3.63, 3.8) is 0 Å². The van der Waals surface area contributed by atoms with Crippen LogP contribution in [0.15, 0.2) is 130 Å². The fourth-order valence-electron chi connectivity index (χ4n) is 6.62. The summed E-state index contributed by atoms with van der Waals surface area (Å²) in [7, 11) is 3.06. The first-order valence-electron chi connectivity index (χ1n) is 16.8. The summed E-state index contributed by atoms with van der Waals surface area (Å²) in [6, 6.07) is 32.4. The van der Waals surface area contributed by atoms with Gasteiger partial charge in [0, 0.05) is 23.4 Å². The summed E-state index contributed by atoms with van der Waals surface area (Å²) in [5, 5.41) is 11.5. The lowest BCUT2D eigenvalue weighted by molar-refractivity contribution is -0.384. The molecule has 0 amide bonds. The monoisotopic (exact) mass is 726 g/mol. The molecule has 0 fully saturated rings. The maximum absolute atomic E-state index is 14.7. The zero-order chi connectivity index (χ0) is 37.2. The van der Waals surface area contributed by atoms with E-state index in [4.69, 9.17) is 19.2 Å². The van der Waals surface area contributed by atoms with E-state index in [-0.39, 0.29) is 23.4 Å². The molecule has 53 heavy (non-hydrogen) atoms. The highest BCUT2D eigenvalue weighted by Gasteiger charge is 2.34.